The lowest BCUT2D eigenvalue weighted by Gasteiger charge is -2.05. The van der Waals surface area contributed by atoms with Crippen molar-refractivity contribution in [2.24, 2.45) is 0 Å². The highest BCUT2D eigenvalue weighted by Crippen LogP contribution is 2.23. The molecule has 0 radical (unpaired) electrons. The number of hydrogen-bond acceptors (Lipinski definition) is 4. The van der Waals surface area contributed by atoms with Gasteiger partial charge in [0.05, 0.1) is 6.54 Å². The van der Waals surface area contributed by atoms with Gasteiger partial charge in [-0.05, 0) is 45.9 Å². The van der Waals surface area contributed by atoms with Gasteiger partial charge in [0.25, 0.3) is 0 Å². The molecule has 0 spiro atoms. The molecule has 6 heteroatoms. The van der Waals surface area contributed by atoms with Gasteiger partial charge in [0, 0.05) is 21.1 Å². The molecule has 2 aromatic rings. The van der Waals surface area contributed by atoms with Crippen LogP contribution in [0.5, 0.6) is 0 Å². The fraction of sp³-hybridized carbons (Fsp3) is 0.200. The highest BCUT2D eigenvalue weighted by Gasteiger charge is 2.03. The molecule has 3 nitrogen and oxygen atoms in total. The van der Waals surface area contributed by atoms with Crippen molar-refractivity contribution in [3.8, 4) is 0 Å². The molecule has 0 unspecified atom stereocenters. The molecule has 0 atom stereocenters. The van der Waals surface area contributed by atoms with Crippen molar-refractivity contribution in [1.29, 1.82) is 0 Å². The van der Waals surface area contributed by atoms with E-state index in [-0.39, 0.29) is 5.28 Å². The third-order valence-electron chi connectivity index (χ3n) is 1.95. The minimum Gasteiger partial charge on any atom is -0.365 e. The number of anilines is 1. The van der Waals surface area contributed by atoms with Gasteiger partial charge in [-0.1, -0.05) is 0 Å². The number of halogens is 2. The first-order chi connectivity index (χ1) is 7.65. The molecular weight excluding hydrogens is 310 g/mol. The van der Waals surface area contributed by atoms with Gasteiger partial charge in [0.1, 0.15) is 5.82 Å². The zero-order valence-corrected chi connectivity index (χ0v) is 11.7. The molecule has 0 bridgehead atoms. The molecule has 0 aliphatic carbocycles. The van der Waals surface area contributed by atoms with E-state index in [9.17, 15) is 0 Å². The Morgan fingerprint density at radius 1 is 1.50 bits per heavy atom. The first-order valence-corrected chi connectivity index (χ1v) is 6.67. The summed E-state index contributed by atoms with van der Waals surface area (Å²) in [4.78, 5) is 9.33. The molecule has 84 valence electrons. The Balaban J connectivity index is 2.07. The van der Waals surface area contributed by atoms with Crippen LogP contribution in [0.4, 0.5) is 5.82 Å². The maximum Gasteiger partial charge on any atom is 0.224 e. The van der Waals surface area contributed by atoms with E-state index < -0.39 is 0 Å². The average Bonchev–Trinajstić information content (AvgIpc) is 2.59. The van der Waals surface area contributed by atoms with Crippen molar-refractivity contribution >= 4 is 44.7 Å². The topological polar surface area (TPSA) is 37.8 Å². The molecular formula is C10H9BrClN3S. The Bertz CT molecular complexity index is 480. The summed E-state index contributed by atoms with van der Waals surface area (Å²) >= 11 is 10.9. The summed E-state index contributed by atoms with van der Waals surface area (Å²) in [6.45, 7) is 2.62. The number of thiophene rings is 1. The van der Waals surface area contributed by atoms with Crippen molar-refractivity contribution in [3.63, 3.8) is 0 Å². The third-order valence-corrected chi connectivity index (χ3v) is 4.04. The molecule has 2 heterocycles. The Morgan fingerprint density at radius 3 is 2.94 bits per heavy atom. The summed E-state index contributed by atoms with van der Waals surface area (Å²) in [5.41, 5.74) is 0.854. The SMILES string of the molecule is Cc1cc(NCc2sccc2Br)nc(Cl)n1. The van der Waals surface area contributed by atoms with Crippen LogP contribution in [0.25, 0.3) is 0 Å². The predicted octanol–water partition coefficient (Wildman–Crippen LogP) is 3.87. The summed E-state index contributed by atoms with van der Waals surface area (Å²) < 4.78 is 1.11. The zero-order chi connectivity index (χ0) is 11.5. The lowest BCUT2D eigenvalue weighted by atomic mass is 10.4. The van der Waals surface area contributed by atoms with Crippen LogP contribution in [0.15, 0.2) is 22.0 Å². The van der Waals surface area contributed by atoms with Gasteiger partial charge in [-0.25, -0.2) is 9.97 Å². The highest BCUT2D eigenvalue weighted by molar-refractivity contribution is 9.10. The number of hydrogen-bond donors (Lipinski definition) is 1. The van der Waals surface area contributed by atoms with Crippen LogP contribution < -0.4 is 5.32 Å². The van der Waals surface area contributed by atoms with E-state index in [0.29, 0.717) is 0 Å². The summed E-state index contributed by atoms with van der Waals surface area (Å²) in [5.74, 6) is 0.748. The van der Waals surface area contributed by atoms with Crippen molar-refractivity contribution < 1.29 is 0 Å². The molecule has 1 N–H and O–H groups in total. The van der Waals surface area contributed by atoms with Crippen LogP contribution in [0.1, 0.15) is 10.6 Å². The lowest BCUT2D eigenvalue weighted by Crippen LogP contribution is -2.01. The standard InChI is InChI=1S/C10H9BrClN3S/c1-6-4-9(15-10(12)14-6)13-5-8-7(11)2-3-16-8/h2-4H,5H2,1H3,(H,13,14,15). The summed E-state index contributed by atoms with van der Waals surface area (Å²) in [6.07, 6.45) is 0. The van der Waals surface area contributed by atoms with E-state index in [1.165, 1.54) is 4.88 Å². The lowest BCUT2D eigenvalue weighted by molar-refractivity contribution is 1.06. The van der Waals surface area contributed by atoms with Crippen molar-refractivity contribution in [2.75, 3.05) is 5.32 Å². The fourth-order valence-electron chi connectivity index (χ4n) is 1.24. The van der Waals surface area contributed by atoms with Crippen molar-refractivity contribution in [3.05, 3.63) is 37.8 Å². The maximum atomic E-state index is 5.77. The van der Waals surface area contributed by atoms with E-state index in [0.717, 1.165) is 22.5 Å². The molecule has 0 aromatic carbocycles. The summed E-state index contributed by atoms with van der Waals surface area (Å²) in [7, 11) is 0. The summed E-state index contributed by atoms with van der Waals surface area (Å²) in [5, 5.41) is 5.53. The molecule has 2 rings (SSSR count). The van der Waals surface area contributed by atoms with Crippen molar-refractivity contribution in [1.82, 2.24) is 9.97 Å². The van der Waals surface area contributed by atoms with Crippen LogP contribution in [-0.4, -0.2) is 9.97 Å². The first-order valence-electron chi connectivity index (χ1n) is 4.62. The number of nitrogens with zero attached hydrogens (tertiary/aromatic N) is 2. The monoisotopic (exact) mass is 317 g/mol. The molecule has 0 fully saturated rings. The van der Waals surface area contributed by atoms with E-state index in [1.54, 1.807) is 11.3 Å². The molecule has 0 aliphatic rings. The predicted molar refractivity (Wildman–Crippen MR) is 71.1 cm³/mol. The number of aromatic nitrogens is 2. The Hall–Kier alpha value is -0.650. The zero-order valence-electron chi connectivity index (χ0n) is 8.50. The second-order valence-corrected chi connectivity index (χ2v) is 5.40. The normalized spacial score (nSPS) is 10.4. The second kappa shape index (κ2) is 5.12. The van der Waals surface area contributed by atoms with E-state index in [1.807, 2.05) is 24.4 Å². The van der Waals surface area contributed by atoms with Gasteiger partial charge in [-0.3, -0.25) is 0 Å². The maximum absolute atomic E-state index is 5.77. The highest BCUT2D eigenvalue weighted by atomic mass is 79.9. The fourth-order valence-corrected chi connectivity index (χ4v) is 2.90. The summed E-state index contributed by atoms with van der Waals surface area (Å²) in [6, 6.07) is 3.90. The molecule has 0 saturated carbocycles. The third kappa shape index (κ3) is 2.93. The molecule has 16 heavy (non-hydrogen) atoms. The van der Waals surface area contributed by atoms with Crippen LogP contribution in [0, 0.1) is 6.92 Å². The second-order valence-electron chi connectivity index (χ2n) is 3.21. The van der Waals surface area contributed by atoms with Crippen LogP contribution in [0.3, 0.4) is 0 Å². The molecule has 0 saturated heterocycles. The van der Waals surface area contributed by atoms with Crippen LogP contribution in [-0.2, 0) is 6.54 Å². The quantitative estimate of drug-likeness (QED) is 0.873. The minimum atomic E-state index is 0.271. The van der Waals surface area contributed by atoms with Crippen LogP contribution in [0.2, 0.25) is 5.28 Å². The molecule has 0 aliphatic heterocycles. The minimum absolute atomic E-state index is 0.271. The van der Waals surface area contributed by atoms with E-state index in [4.69, 9.17) is 11.6 Å². The van der Waals surface area contributed by atoms with Crippen molar-refractivity contribution in [2.45, 2.75) is 13.5 Å². The van der Waals surface area contributed by atoms with Gasteiger partial charge in [-0.15, -0.1) is 11.3 Å². The average molecular weight is 319 g/mol. The van der Waals surface area contributed by atoms with Gasteiger partial charge in [0.15, 0.2) is 0 Å². The number of aryl methyl sites for hydroxylation is 1. The number of nitrogens with one attached hydrogen (secondary N) is 1. The Morgan fingerprint density at radius 2 is 2.31 bits per heavy atom. The Labute approximate surface area is 111 Å². The van der Waals surface area contributed by atoms with Gasteiger partial charge >= 0.3 is 0 Å². The van der Waals surface area contributed by atoms with E-state index in [2.05, 4.69) is 31.2 Å². The largest absolute Gasteiger partial charge is 0.365 e. The van der Waals surface area contributed by atoms with Gasteiger partial charge in [0.2, 0.25) is 5.28 Å². The molecule has 2 aromatic heterocycles. The van der Waals surface area contributed by atoms with Gasteiger partial charge < -0.3 is 5.32 Å². The van der Waals surface area contributed by atoms with Gasteiger partial charge in [-0.2, -0.15) is 0 Å². The van der Waals surface area contributed by atoms with E-state index >= 15 is 0 Å². The Kier molecular flexibility index (Phi) is 3.78. The van der Waals surface area contributed by atoms with Crippen LogP contribution >= 0.6 is 38.9 Å². The smallest absolute Gasteiger partial charge is 0.224 e. The molecule has 0 amide bonds. The first kappa shape index (κ1) is 11.8. The number of rotatable bonds is 3.